The third kappa shape index (κ3) is 2.76. The molecule has 0 saturated heterocycles. The topological polar surface area (TPSA) is 56.0 Å². The maximum atomic E-state index is 13.0. The van der Waals surface area contributed by atoms with Crippen LogP contribution in [0.5, 0.6) is 0 Å². The third-order valence-electron chi connectivity index (χ3n) is 6.54. The SMILES string of the molecule is C[C@@H]1[C@H](C)CCC[C@H]1NC(=O)c1cc2c(=O)n(C)c3ccccc3c2n1C. The lowest BCUT2D eigenvalue weighted by Crippen LogP contribution is -2.44. The third-order valence-corrected chi connectivity index (χ3v) is 6.54. The molecule has 2 heterocycles. The number of aromatic nitrogens is 2. The quantitative estimate of drug-likeness (QED) is 0.755. The highest BCUT2D eigenvalue weighted by atomic mass is 16.2. The molecule has 1 saturated carbocycles. The highest BCUT2D eigenvalue weighted by Crippen LogP contribution is 2.30. The number of carbonyl (C=O) groups is 1. The van der Waals surface area contributed by atoms with E-state index < -0.39 is 0 Å². The van der Waals surface area contributed by atoms with Crippen LogP contribution in [0.4, 0.5) is 0 Å². The van der Waals surface area contributed by atoms with E-state index in [0.29, 0.717) is 22.9 Å². The second-order valence-electron chi connectivity index (χ2n) is 8.08. The number of nitrogens with zero attached hydrogens (tertiary/aromatic N) is 2. The second-order valence-corrected chi connectivity index (χ2v) is 8.08. The van der Waals surface area contributed by atoms with Gasteiger partial charge in [0, 0.05) is 25.5 Å². The molecule has 0 spiro atoms. The van der Waals surface area contributed by atoms with Crippen molar-refractivity contribution < 1.29 is 4.79 Å². The van der Waals surface area contributed by atoms with Crippen LogP contribution in [0.2, 0.25) is 0 Å². The van der Waals surface area contributed by atoms with Gasteiger partial charge < -0.3 is 14.5 Å². The summed E-state index contributed by atoms with van der Waals surface area (Å²) < 4.78 is 3.52. The number of pyridine rings is 1. The van der Waals surface area contributed by atoms with Crippen molar-refractivity contribution in [2.75, 3.05) is 0 Å². The zero-order chi connectivity index (χ0) is 19.3. The summed E-state index contributed by atoms with van der Waals surface area (Å²) in [6.07, 6.45) is 3.40. The fourth-order valence-electron chi connectivity index (χ4n) is 4.59. The Morgan fingerprint density at radius 1 is 1.07 bits per heavy atom. The Labute approximate surface area is 159 Å². The zero-order valence-corrected chi connectivity index (χ0v) is 16.5. The largest absolute Gasteiger partial charge is 0.348 e. The number of benzene rings is 1. The Morgan fingerprint density at radius 2 is 1.81 bits per heavy atom. The van der Waals surface area contributed by atoms with Gasteiger partial charge >= 0.3 is 0 Å². The summed E-state index contributed by atoms with van der Waals surface area (Å²) in [5, 5.41) is 4.80. The fourth-order valence-corrected chi connectivity index (χ4v) is 4.59. The van der Waals surface area contributed by atoms with E-state index in [2.05, 4.69) is 19.2 Å². The van der Waals surface area contributed by atoms with Gasteiger partial charge in [0.25, 0.3) is 11.5 Å². The summed E-state index contributed by atoms with van der Waals surface area (Å²) in [6, 6.07) is 9.77. The molecule has 1 aromatic carbocycles. The molecular weight excluding hydrogens is 338 g/mol. The number of rotatable bonds is 2. The predicted molar refractivity (Wildman–Crippen MR) is 109 cm³/mol. The van der Waals surface area contributed by atoms with Crippen molar-refractivity contribution in [1.82, 2.24) is 14.5 Å². The highest BCUT2D eigenvalue weighted by molar-refractivity contribution is 6.08. The maximum Gasteiger partial charge on any atom is 0.268 e. The van der Waals surface area contributed by atoms with Gasteiger partial charge in [-0.05, 0) is 30.4 Å². The van der Waals surface area contributed by atoms with Crippen molar-refractivity contribution >= 4 is 27.7 Å². The first-order valence-electron chi connectivity index (χ1n) is 9.78. The van der Waals surface area contributed by atoms with Crippen LogP contribution in [0.1, 0.15) is 43.6 Å². The molecule has 0 bridgehead atoms. The first-order chi connectivity index (χ1) is 12.9. The molecular formula is C22H27N3O2. The van der Waals surface area contributed by atoms with Gasteiger partial charge in [0.05, 0.1) is 16.4 Å². The summed E-state index contributed by atoms with van der Waals surface area (Å²) in [7, 11) is 3.65. The molecule has 1 fully saturated rings. The Balaban J connectivity index is 1.80. The Hall–Kier alpha value is -2.56. The molecule has 27 heavy (non-hydrogen) atoms. The van der Waals surface area contributed by atoms with E-state index in [9.17, 15) is 9.59 Å². The molecule has 5 heteroatoms. The van der Waals surface area contributed by atoms with Crippen LogP contribution in [0, 0.1) is 11.8 Å². The summed E-state index contributed by atoms with van der Waals surface area (Å²) in [6.45, 7) is 4.48. The number of nitrogens with one attached hydrogen (secondary N) is 1. The molecule has 1 N–H and O–H groups in total. The minimum absolute atomic E-state index is 0.0713. The number of hydrogen-bond acceptors (Lipinski definition) is 2. The molecule has 4 rings (SSSR count). The van der Waals surface area contributed by atoms with Crippen LogP contribution in [-0.4, -0.2) is 21.1 Å². The smallest absolute Gasteiger partial charge is 0.268 e. The Morgan fingerprint density at radius 3 is 2.59 bits per heavy atom. The van der Waals surface area contributed by atoms with E-state index in [1.54, 1.807) is 17.7 Å². The van der Waals surface area contributed by atoms with Gasteiger partial charge in [0.15, 0.2) is 0 Å². The molecule has 3 aromatic rings. The van der Waals surface area contributed by atoms with E-state index in [1.165, 1.54) is 6.42 Å². The van der Waals surface area contributed by atoms with Crippen molar-refractivity contribution in [3.63, 3.8) is 0 Å². The monoisotopic (exact) mass is 365 g/mol. The van der Waals surface area contributed by atoms with Gasteiger partial charge in [0.2, 0.25) is 0 Å². The number of amides is 1. The van der Waals surface area contributed by atoms with Crippen molar-refractivity contribution in [1.29, 1.82) is 0 Å². The molecule has 0 radical (unpaired) electrons. The minimum atomic E-state index is -0.0919. The number of hydrogen-bond donors (Lipinski definition) is 1. The summed E-state index contributed by atoms with van der Waals surface area (Å²) in [5.74, 6) is 0.990. The average molecular weight is 365 g/mol. The highest BCUT2D eigenvalue weighted by Gasteiger charge is 2.29. The molecule has 0 aliphatic heterocycles. The fraction of sp³-hybridized carbons (Fsp3) is 0.455. The summed E-state index contributed by atoms with van der Waals surface area (Å²) >= 11 is 0. The molecule has 1 aliphatic carbocycles. The number of carbonyl (C=O) groups excluding carboxylic acids is 1. The number of fused-ring (bicyclic) bond motifs is 3. The van der Waals surface area contributed by atoms with E-state index in [0.717, 1.165) is 29.3 Å². The lowest BCUT2D eigenvalue weighted by atomic mass is 9.78. The summed E-state index contributed by atoms with van der Waals surface area (Å²) in [4.78, 5) is 25.9. The lowest BCUT2D eigenvalue weighted by molar-refractivity contribution is 0.0883. The van der Waals surface area contributed by atoms with Crippen LogP contribution in [0.3, 0.4) is 0 Å². The molecule has 1 aliphatic rings. The molecule has 142 valence electrons. The van der Waals surface area contributed by atoms with Gasteiger partial charge in [-0.3, -0.25) is 9.59 Å². The molecule has 5 nitrogen and oxygen atoms in total. The van der Waals surface area contributed by atoms with Crippen molar-refractivity contribution in [2.45, 2.75) is 39.2 Å². The van der Waals surface area contributed by atoms with Gasteiger partial charge in [0.1, 0.15) is 5.69 Å². The van der Waals surface area contributed by atoms with E-state index in [-0.39, 0.29) is 17.5 Å². The van der Waals surface area contributed by atoms with Gasteiger partial charge in [-0.15, -0.1) is 0 Å². The zero-order valence-electron chi connectivity index (χ0n) is 16.5. The number of para-hydroxylation sites is 1. The van der Waals surface area contributed by atoms with Gasteiger partial charge in [-0.25, -0.2) is 0 Å². The normalized spacial score (nSPS) is 23.0. The maximum absolute atomic E-state index is 13.0. The van der Waals surface area contributed by atoms with Crippen molar-refractivity contribution in [2.24, 2.45) is 25.9 Å². The standard InChI is InChI=1S/C22H27N3O2/c1-13-8-7-10-17(14(13)2)23-21(26)19-12-16-20(24(19)3)15-9-5-6-11-18(15)25(4)22(16)27/h5-6,9,11-14,17H,7-8,10H2,1-4H3,(H,23,26)/t13-,14-,17-/m1/s1. The van der Waals surface area contributed by atoms with Crippen LogP contribution >= 0.6 is 0 Å². The van der Waals surface area contributed by atoms with E-state index >= 15 is 0 Å². The first kappa shape index (κ1) is 17.8. The van der Waals surface area contributed by atoms with Crippen molar-refractivity contribution in [3.8, 4) is 0 Å². The predicted octanol–water partition coefficient (Wildman–Crippen LogP) is 3.58. The van der Waals surface area contributed by atoms with Crippen LogP contribution < -0.4 is 10.9 Å². The van der Waals surface area contributed by atoms with E-state index in [1.807, 2.05) is 35.9 Å². The van der Waals surface area contributed by atoms with Crippen LogP contribution in [0.15, 0.2) is 35.1 Å². The minimum Gasteiger partial charge on any atom is -0.348 e. The molecule has 1 amide bonds. The molecule has 3 atom stereocenters. The second kappa shape index (κ2) is 6.55. The first-order valence-corrected chi connectivity index (χ1v) is 9.78. The Kier molecular flexibility index (Phi) is 4.33. The van der Waals surface area contributed by atoms with Crippen molar-refractivity contribution in [3.05, 3.63) is 46.4 Å². The molecule has 0 unspecified atom stereocenters. The van der Waals surface area contributed by atoms with E-state index in [4.69, 9.17) is 0 Å². The molecule has 2 aromatic heterocycles. The Bertz CT molecular complexity index is 1090. The average Bonchev–Trinajstić information content (AvgIpc) is 3.01. The number of aryl methyl sites for hydroxylation is 2. The van der Waals surface area contributed by atoms with Crippen LogP contribution in [-0.2, 0) is 14.1 Å². The van der Waals surface area contributed by atoms with Gasteiger partial charge in [-0.2, -0.15) is 0 Å². The summed E-state index contributed by atoms with van der Waals surface area (Å²) in [5.41, 5.74) is 2.17. The van der Waals surface area contributed by atoms with Gasteiger partial charge in [-0.1, -0.05) is 44.9 Å². The lowest BCUT2D eigenvalue weighted by Gasteiger charge is -2.34. The van der Waals surface area contributed by atoms with Crippen LogP contribution in [0.25, 0.3) is 21.8 Å².